The van der Waals surface area contributed by atoms with Gasteiger partial charge in [-0.1, -0.05) is 31.0 Å². The molecular formula is C59H47N3O9. The largest absolute Gasteiger partial charge is 0.457 e. The van der Waals surface area contributed by atoms with Crippen LogP contribution in [0.3, 0.4) is 0 Å². The Morgan fingerprint density at radius 1 is 0.577 bits per heavy atom. The molecule has 1 aliphatic heterocycles. The van der Waals surface area contributed by atoms with Gasteiger partial charge in [0.15, 0.2) is 11.6 Å². The Kier molecular flexibility index (Phi) is 10.9. The molecule has 12 heteroatoms. The number of aryl methyl sites for hydroxylation is 6. The van der Waals surface area contributed by atoms with Crippen LogP contribution in [0.2, 0.25) is 0 Å². The highest BCUT2D eigenvalue weighted by molar-refractivity contribution is 6.36. The molecule has 352 valence electrons. The van der Waals surface area contributed by atoms with Crippen molar-refractivity contribution in [2.45, 2.75) is 79.1 Å². The minimum absolute atomic E-state index is 0.0958. The summed E-state index contributed by atoms with van der Waals surface area (Å²) in [5, 5.41) is 1.10. The number of nitrogens with zero attached hydrogens (tertiary/aromatic N) is 2. The summed E-state index contributed by atoms with van der Waals surface area (Å²) in [7, 11) is 0. The van der Waals surface area contributed by atoms with Gasteiger partial charge in [0.1, 0.15) is 40.5 Å². The Hall–Kier alpha value is -8.51. The van der Waals surface area contributed by atoms with Crippen LogP contribution in [0.15, 0.2) is 114 Å². The highest BCUT2D eigenvalue weighted by Gasteiger charge is 2.43. The third kappa shape index (κ3) is 8.04. The number of rotatable bonds is 9. The lowest BCUT2D eigenvalue weighted by Gasteiger charge is -2.23. The van der Waals surface area contributed by atoms with Crippen molar-refractivity contribution in [1.82, 2.24) is 9.97 Å². The molecule has 0 unspecified atom stereocenters. The Morgan fingerprint density at radius 3 is 1.72 bits per heavy atom. The number of carbonyl (C=O) groups is 5. The Balaban J connectivity index is 0.886. The highest BCUT2D eigenvalue weighted by Crippen LogP contribution is 2.45. The standard InChI is InChI=1S/C59H47N3O9/c1-29-15-30(2)18-40(17-29)69-42-21-33(5)54(34(6)22-42)70-39-12-14-43(35-9-7-8-10-35)50(28-39)62-57(66)47-25-37-23-45-46(24-38(37)26-48(47)58(62)67)53(64)51(52(45)63)55-60-49-27-36(11-13-44(49)56(65)61-55)59(68)71-41-19-31(3)16-32(4)20-41/h11-28,35,51H,7-10H2,1-6H3,(H,60,61,65). The molecule has 71 heavy (non-hydrogen) atoms. The molecule has 11 rings (SSSR count). The third-order valence-electron chi connectivity index (χ3n) is 13.8. The van der Waals surface area contributed by atoms with Crippen LogP contribution in [0.1, 0.15) is 134 Å². The molecule has 2 heterocycles. The van der Waals surface area contributed by atoms with Gasteiger partial charge in [-0.25, -0.2) is 14.7 Å². The Labute approximate surface area is 408 Å². The smallest absolute Gasteiger partial charge is 0.343 e. The van der Waals surface area contributed by atoms with Gasteiger partial charge in [0, 0.05) is 17.2 Å². The van der Waals surface area contributed by atoms with Crippen LogP contribution in [0, 0.1) is 41.5 Å². The second kappa shape index (κ2) is 17.2. The van der Waals surface area contributed by atoms with E-state index in [9.17, 15) is 28.8 Å². The average Bonchev–Trinajstić information content (AvgIpc) is 4.00. The number of esters is 1. The summed E-state index contributed by atoms with van der Waals surface area (Å²) in [5.74, 6) is -1.50. The average molecular weight is 942 g/mol. The maximum Gasteiger partial charge on any atom is 0.343 e. The second-order valence-electron chi connectivity index (χ2n) is 19.3. The minimum atomic E-state index is -1.47. The molecule has 0 saturated heterocycles. The fourth-order valence-corrected chi connectivity index (χ4v) is 10.7. The van der Waals surface area contributed by atoms with Crippen LogP contribution in [0.25, 0.3) is 21.7 Å². The predicted octanol–water partition coefficient (Wildman–Crippen LogP) is 12.4. The van der Waals surface area contributed by atoms with Crippen molar-refractivity contribution >= 4 is 56.7 Å². The van der Waals surface area contributed by atoms with Crippen LogP contribution in [0.5, 0.6) is 28.7 Å². The molecule has 2 amide bonds. The maximum atomic E-state index is 14.6. The van der Waals surface area contributed by atoms with Crippen molar-refractivity contribution in [3.63, 3.8) is 0 Å². The normalized spacial score (nSPS) is 14.8. The molecule has 0 radical (unpaired) electrons. The first kappa shape index (κ1) is 45.0. The zero-order valence-corrected chi connectivity index (χ0v) is 39.9. The number of H-pyrrole nitrogens is 1. The van der Waals surface area contributed by atoms with Gasteiger partial charge < -0.3 is 19.2 Å². The van der Waals surface area contributed by atoms with E-state index in [1.54, 1.807) is 42.5 Å². The van der Waals surface area contributed by atoms with E-state index in [-0.39, 0.29) is 50.5 Å². The summed E-state index contributed by atoms with van der Waals surface area (Å²) in [4.78, 5) is 92.6. The number of ketones is 2. The third-order valence-corrected chi connectivity index (χ3v) is 13.8. The molecule has 8 aromatic rings. The van der Waals surface area contributed by atoms with Gasteiger partial charge in [-0.05, 0) is 195 Å². The van der Waals surface area contributed by atoms with Gasteiger partial charge in [0.2, 0.25) is 0 Å². The number of amides is 2. The van der Waals surface area contributed by atoms with Crippen molar-refractivity contribution in [3.05, 3.63) is 192 Å². The number of hydrogen-bond donors (Lipinski definition) is 1. The first-order valence-corrected chi connectivity index (χ1v) is 23.7. The molecule has 0 atom stereocenters. The molecule has 7 aromatic carbocycles. The van der Waals surface area contributed by atoms with Crippen molar-refractivity contribution in [2.24, 2.45) is 0 Å². The number of carbonyl (C=O) groups excluding carboxylic acids is 5. The lowest BCUT2D eigenvalue weighted by Crippen LogP contribution is -2.30. The first-order chi connectivity index (χ1) is 34.1. The number of aromatic nitrogens is 2. The molecule has 1 fully saturated rings. The van der Waals surface area contributed by atoms with Crippen LogP contribution in [-0.4, -0.2) is 39.3 Å². The van der Waals surface area contributed by atoms with E-state index < -0.39 is 40.8 Å². The van der Waals surface area contributed by atoms with E-state index >= 15 is 0 Å². The summed E-state index contributed by atoms with van der Waals surface area (Å²) in [5.41, 5.74) is 7.22. The SMILES string of the molecule is Cc1cc(C)cc(OC(=O)c2ccc3c(=O)[nH]c(C4C(=O)c5cc6cc7c(cc6cc5C4=O)C(=O)N(c4cc(Oc5c(C)cc(Oc6cc(C)cc(C)c6)cc5C)ccc4C4CCCC4)C7=O)nc3c2)c1. The van der Waals surface area contributed by atoms with Crippen molar-refractivity contribution < 1.29 is 38.2 Å². The van der Waals surface area contributed by atoms with Crippen molar-refractivity contribution in [1.29, 1.82) is 0 Å². The zero-order chi connectivity index (χ0) is 49.6. The number of aromatic amines is 1. The van der Waals surface area contributed by atoms with Gasteiger partial charge in [-0.3, -0.25) is 24.0 Å². The van der Waals surface area contributed by atoms with E-state index in [0.29, 0.717) is 39.5 Å². The molecular weight excluding hydrogens is 895 g/mol. The monoisotopic (exact) mass is 941 g/mol. The molecule has 3 aliphatic rings. The van der Waals surface area contributed by atoms with Crippen LogP contribution in [-0.2, 0) is 0 Å². The number of Topliss-reactive ketones (excluding diaryl/α,β-unsaturated/α-hetero) is 2. The molecule has 0 bridgehead atoms. The van der Waals surface area contributed by atoms with Crippen LogP contribution >= 0.6 is 0 Å². The van der Waals surface area contributed by atoms with E-state index in [4.69, 9.17) is 14.2 Å². The van der Waals surface area contributed by atoms with Gasteiger partial charge in [0.25, 0.3) is 17.4 Å². The fraction of sp³-hybridized carbons (Fsp3) is 0.203. The molecule has 12 nitrogen and oxygen atoms in total. The molecule has 1 saturated carbocycles. The van der Waals surface area contributed by atoms with Crippen LogP contribution in [0.4, 0.5) is 5.69 Å². The Bertz CT molecular complexity index is 3610. The Morgan fingerprint density at radius 2 is 1.13 bits per heavy atom. The summed E-state index contributed by atoms with van der Waals surface area (Å²) < 4.78 is 18.4. The van der Waals surface area contributed by atoms with E-state index in [2.05, 4.69) is 16.0 Å². The topological polar surface area (TPSA) is 162 Å². The van der Waals surface area contributed by atoms with Gasteiger partial charge in [-0.2, -0.15) is 0 Å². The van der Waals surface area contributed by atoms with E-state index in [0.717, 1.165) is 70.4 Å². The zero-order valence-electron chi connectivity index (χ0n) is 39.9. The maximum absolute atomic E-state index is 14.6. The lowest BCUT2D eigenvalue weighted by atomic mass is 9.95. The number of hydrogen-bond acceptors (Lipinski definition) is 10. The summed E-state index contributed by atoms with van der Waals surface area (Å²) >= 11 is 0. The van der Waals surface area contributed by atoms with Crippen molar-refractivity contribution in [2.75, 3.05) is 4.90 Å². The number of imide groups is 1. The number of fused-ring (bicyclic) bond motifs is 4. The number of anilines is 1. The predicted molar refractivity (Wildman–Crippen MR) is 269 cm³/mol. The van der Waals surface area contributed by atoms with E-state index in [1.807, 2.05) is 84.0 Å². The highest BCUT2D eigenvalue weighted by atomic mass is 16.5. The van der Waals surface area contributed by atoms with Gasteiger partial charge >= 0.3 is 5.97 Å². The number of ether oxygens (including phenoxy) is 3. The van der Waals surface area contributed by atoms with Gasteiger partial charge in [-0.15, -0.1) is 0 Å². The van der Waals surface area contributed by atoms with E-state index in [1.165, 1.54) is 23.1 Å². The first-order valence-electron chi connectivity index (χ1n) is 23.7. The number of benzene rings is 7. The minimum Gasteiger partial charge on any atom is -0.457 e. The summed E-state index contributed by atoms with van der Waals surface area (Å²) in [6.45, 7) is 11.7. The molecule has 0 spiro atoms. The number of nitrogens with one attached hydrogen (secondary N) is 1. The summed E-state index contributed by atoms with van der Waals surface area (Å²) in [6, 6.07) is 31.5. The molecule has 1 aromatic heterocycles. The quantitative estimate of drug-likeness (QED) is 0.0638. The van der Waals surface area contributed by atoms with Crippen LogP contribution < -0.4 is 24.7 Å². The van der Waals surface area contributed by atoms with Crippen molar-refractivity contribution in [3.8, 4) is 28.7 Å². The fourth-order valence-electron chi connectivity index (χ4n) is 10.7. The lowest BCUT2D eigenvalue weighted by molar-refractivity contribution is 0.0733. The van der Waals surface area contributed by atoms with Gasteiger partial charge in [0.05, 0.1) is 33.3 Å². The summed E-state index contributed by atoms with van der Waals surface area (Å²) in [6.07, 6.45) is 3.91. The molecule has 1 N–H and O–H groups in total. The molecule has 2 aliphatic carbocycles. The second-order valence-corrected chi connectivity index (χ2v) is 19.3.